The molecule has 0 unspecified atom stereocenters. The number of halogens is 3. The van der Waals surface area contributed by atoms with E-state index in [1.165, 1.54) is 0 Å². The normalized spacial score (nSPS) is 22.6. The molecule has 0 radical (unpaired) electrons. The third-order valence-corrected chi connectivity index (χ3v) is 5.18. The van der Waals surface area contributed by atoms with Crippen LogP contribution in [0.2, 0.25) is 0 Å². The van der Waals surface area contributed by atoms with Crippen LogP contribution in [0, 0.1) is 6.92 Å². The van der Waals surface area contributed by atoms with Crippen molar-refractivity contribution in [3.63, 3.8) is 0 Å². The molecule has 2 aliphatic rings. The Morgan fingerprint density at radius 2 is 2.03 bits per heavy atom. The molecule has 3 heterocycles. The van der Waals surface area contributed by atoms with Crippen molar-refractivity contribution in [3.05, 3.63) is 53.7 Å². The first kappa shape index (κ1) is 23.7. The zero-order valence-electron chi connectivity index (χ0n) is 17.2. The Balaban J connectivity index is 0.000000360. The number of carboxylic acid groups (broad SMARTS) is 1. The van der Waals surface area contributed by atoms with Gasteiger partial charge in [0.1, 0.15) is 11.9 Å². The van der Waals surface area contributed by atoms with Gasteiger partial charge in [-0.3, -0.25) is 9.78 Å². The van der Waals surface area contributed by atoms with Gasteiger partial charge in [0.05, 0.1) is 25.4 Å². The predicted octanol–water partition coefficient (Wildman–Crippen LogP) is 3.21. The first-order chi connectivity index (χ1) is 15.2. The van der Waals surface area contributed by atoms with E-state index >= 15 is 0 Å². The Morgan fingerprint density at radius 1 is 1.28 bits per heavy atom. The first-order valence-electron chi connectivity index (χ1n) is 9.96. The lowest BCUT2D eigenvalue weighted by atomic mass is 10.1. The largest absolute Gasteiger partial charge is 0.490 e. The summed E-state index contributed by atoms with van der Waals surface area (Å²) in [4.78, 5) is 27.7. The van der Waals surface area contributed by atoms with Crippen LogP contribution in [-0.2, 0) is 20.9 Å². The Labute approximate surface area is 181 Å². The fraction of sp³-hybridized carbons (Fsp3) is 0.476. The van der Waals surface area contributed by atoms with Crippen LogP contribution in [0.3, 0.4) is 0 Å². The van der Waals surface area contributed by atoms with Gasteiger partial charge in [-0.15, -0.1) is 0 Å². The zero-order chi connectivity index (χ0) is 23.3. The van der Waals surface area contributed by atoms with E-state index in [0.717, 1.165) is 24.2 Å². The molecule has 1 saturated carbocycles. The molecule has 3 atom stereocenters. The molecule has 1 saturated heterocycles. The number of aliphatic carboxylic acids is 1. The summed E-state index contributed by atoms with van der Waals surface area (Å²) < 4.78 is 49.3. The van der Waals surface area contributed by atoms with E-state index in [-0.39, 0.29) is 24.2 Å². The van der Waals surface area contributed by atoms with Gasteiger partial charge in [0.2, 0.25) is 0 Å². The summed E-state index contributed by atoms with van der Waals surface area (Å²) in [5.41, 5.74) is 1.04. The fourth-order valence-corrected chi connectivity index (χ4v) is 3.72. The molecular formula is C21H23F3N2O6. The van der Waals surface area contributed by atoms with Gasteiger partial charge >= 0.3 is 12.1 Å². The van der Waals surface area contributed by atoms with Crippen molar-refractivity contribution in [2.24, 2.45) is 0 Å². The van der Waals surface area contributed by atoms with Crippen molar-refractivity contribution < 1.29 is 41.8 Å². The molecule has 1 aliphatic carbocycles. The summed E-state index contributed by atoms with van der Waals surface area (Å²) in [6.45, 7) is 3.47. The lowest BCUT2D eigenvalue weighted by Gasteiger charge is -2.38. The second-order valence-electron chi connectivity index (χ2n) is 7.40. The molecule has 2 aromatic rings. The van der Waals surface area contributed by atoms with Gasteiger partial charge in [0, 0.05) is 18.9 Å². The summed E-state index contributed by atoms with van der Waals surface area (Å²) in [6, 6.07) is 7.51. The van der Waals surface area contributed by atoms with E-state index in [9.17, 15) is 18.0 Å². The molecule has 1 aliphatic heterocycles. The molecule has 1 amide bonds. The minimum Gasteiger partial charge on any atom is -0.475 e. The lowest BCUT2D eigenvalue weighted by Crippen LogP contribution is -2.53. The molecule has 1 N–H and O–H groups in total. The maximum absolute atomic E-state index is 12.8. The van der Waals surface area contributed by atoms with Gasteiger partial charge in [0.25, 0.3) is 5.91 Å². The maximum Gasteiger partial charge on any atom is 0.490 e. The van der Waals surface area contributed by atoms with Crippen molar-refractivity contribution in [1.29, 1.82) is 0 Å². The third-order valence-electron chi connectivity index (χ3n) is 5.18. The van der Waals surface area contributed by atoms with Gasteiger partial charge < -0.3 is 23.9 Å². The van der Waals surface area contributed by atoms with Crippen LogP contribution in [0.25, 0.3) is 0 Å². The van der Waals surface area contributed by atoms with E-state index in [2.05, 4.69) is 4.98 Å². The van der Waals surface area contributed by atoms with E-state index in [1.807, 2.05) is 36.2 Å². The highest BCUT2D eigenvalue weighted by atomic mass is 19.4. The Morgan fingerprint density at radius 3 is 2.62 bits per heavy atom. The van der Waals surface area contributed by atoms with Crippen LogP contribution in [0.15, 0.2) is 41.1 Å². The molecule has 0 spiro atoms. The van der Waals surface area contributed by atoms with Crippen LogP contribution in [0.4, 0.5) is 13.2 Å². The third kappa shape index (κ3) is 5.86. The van der Waals surface area contributed by atoms with Crippen LogP contribution in [0.1, 0.15) is 34.7 Å². The number of carboxylic acids is 1. The van der Waals surface area contributed by atoms with Gasteiger partial charge in [-0.1, -0.05) is 6.07 Å². The topological polar surface area (TPSA) is 102 Å². The summed E-state index contributed by atoms with van der Waals surface area (Å²) >= 11 is 0. The monoisotopic (exact) mass is 456 g/mol. The SMILES string of the molecule is Cc1ccc(C(=O)N2CCO[C@H]3[C@H](OCc4cccnc4)CC[C@@H]32)o1.O=C(O)C(F)(F)F. The van der Waals surface area contributed by atoms with Crippen molar-refractivity contribution in [1.82, 2.24) is 9.88 Å². The second-order valence-corrected chi connectivity index (χ2v) is 7.40. The second kappa shape index (κ2) is 10.1. The van der Waals surface area contributed by atoms with Gasteiger partial charge in [-0.25, -0.2) is 4.79 Å². The zero-order valence-corrected chi connectivity index (χ0v) is 17.2. The first-order valence-corrected chi connectivity index (χ1v) is 9.96. The minimum absolute atomic E-state index is 0.000793. The van der Waals surface area contributed by atoms with Gasteiger partial charge in [-0.2, -0.15) is 13.2 Å². The molecule has 11 heteroatoms. The van der Waals surface area contributed by atoms with Crippen LogP contribution in [0.5, 0.6) is 0 Å². The fourth-order valence-electron chi connectivity index (χ4n) is 3.72. The highest BCUT2D eigenvalue weighted by Gasteiger charge is 2.45. The van der Waals surface area contributed by atoms with Crippen LogP contribution in [-0.4, -0.2) is 64.4 Å². The number of aromatic nitrogens is 1. The number of amides is 1. The lowest BCUT2D eigenvalue weighted by molar-refractivity contribution is -0.192. The summed E-state index contributed by atoms with van der Waals surface area (Å²) in [6.07, 6.45) is 0.164. The molecule has 174 valence electrons. The van der Waals surface area contributed by atoms with Crippen LogP contribution >= 0.6 is 0 Å². The van der Waals surface area contributed by atoms with Gasteiger partial charge in [-0.05, 0) is 43.5 Å². The maximum atomic E-state index is 12.8. The number of carbonyl (C=O) groups excluding carboxylic acids is 1. The number of aryl methyl sites for hydroxylation is 1. The number of fused-ring (bicyclic) bond motifs is 1. The number of ether oxygens (including phenoxy) is 2. The Bertz CT molecular complexity index is 918. The Hall–Kier alpha value is -2.92. The molecule has 0 aromatic carbocycles. The number of alkyl halides is 3. The molecule has 8 nitrogen and oxygen atoms in total. The number of carbonyl (C=O) groups is 2. The highest BCUT2D eigenvalue weighted by Crippen LogP contribution is 2.33. The number of hydrogen-bond acceptors (Lipinski definition) is 6. The number of pyridine rings is 1. The smallest absolute Gasteiger partial charge is 0.475 e. The average Bonchev–Trinajstić information content (AvgIpc) is 3.38. The number of rotatable bonds is 4. The van der Waals surface area contributed by atoms with E-state index < -0.39 is 12.1 Å². The van der Waals surface area contributed by atoms with E-state index in [0.29, 0.717) is 25.5 Å². The molecule has 0 bridgehead atoms. The number of hydrogen-bond donors (Lipinski definition) is 1. The summed E-state index contributed by atoms with van der Waals surface area (Å²) in [5.74, 6) is -1.66. The molecular weight excluding hydrogens is 433 g/mol. The van der Waals surface area contributed by atoms with Crippen molar-refractivity contribution >= 4 is 11.9 Å². The average molecular weight is 456 g/mol. The van der Waals surface area contributed by atoms with Gasteiger partial charge in [0.15, 0.2) is 5.76 Å². The summed E-state index contributed by atoms with van der Waals surface area (Å²) in [7, 11) is 0. The van der Waals surface area contributed by atoms with Crippen LogP contribution < -0.4 is 0 Å². The minimum atomic E-state index is -5.08. The predicted molar refractivity (Wildman–Crippen MR) is 104 cm³/mol. The standard InChI is InChI=1S/C19H22N2O4.C2HF3O2/c1-13-4-6-17(25-13)19(22)21-9-10-23-18-15(21)5-7-16(18)24-12-14-3-2-8-20-11-14;3-2(4,5)1(6)7/h2-4,6,8,11,15-16,18H,5,7,9-10,12H2,1H3;(H,6,7)/t15-,16+,18+;/m0./s1. The number of morpholine rings is 1. The molecule has 32 heavy (non-hydrogen) atoms. The van der Waals surface area contributed by atoms with E-state index in [4.69, 9.17) is 23.8 Å². The number of nitrogens with zero attached hydrogens (tertiary/aromatic N) is 2. The highest BCUT2D eigenvalue weighted by molar-refractivity contribution is 5.92. The van der Waals surface area contributed by atoms with Crippen molar-refractivity contribution in [2.45, 2.75) is 50.8 Å². The molecule has 4 rings (SSSR count). The van der Waals surface area contributed by atoms with Crippen molar-refractivity contribution in [3.8, 4) is 0 Å². The van der Waals surface area contributed by atoms with E-state index in [1.54, 1.807) is 12.3 Å². The number of furan rings is 1. The van der Waals surface area contributed by atoms with Crippen molar-refractivity contribution in [2.75, 3.05) is 13.2 Å². The summed E-state index contributed by atoms with van der Waals surface area (Å²) in [5, 5.41) is 7.12. The quantitative estimate of drug-likeness (QED) is 0.754. The molecule has 2 fully saturated rings. The molecule has 2 aromatic heterocycles. The Kier molecular flexibility index (Phi) is 7.52.